The SMILES string of the molecule is CCCn1cc(C(COc2ccccc2)NCC)cn1. The summed E-state index contributed by atoms with van der Waals surface area (Å²) in [6, 6.07) is 10.1. The van der Waals surface area contributed by atoms with Gasteiger partial charge in [0.1, 0.15) is 12.4 Å². The standard InChI is InChI=1S/C16H23N3O/c1-3-10-19-12-14(11-18-19)16(17-4-2)13-20-15-8-6-5-7-9-15/h5-9,11-12,16-17H,3-4,10,13H2,1-2H3. The number of hydrogen-bond acceptors (Lipinski definition) is 3. The van der Waals surface area contributed by atoms with Crippen molar-refractivity contribution in [3.63, 3.8) is 0 Å². The van der Waals surface area contributed by atoms with Crippen LogP contribution < -0.4 is 10.1 Å². The van der Waals surface area contributed by atoms with Gasteiger partial charge in [-0.2, -0.15) is 5.10 Å². The predicted molar refractivity (Wildman–Crippen MR) is 80.9 cm³/mol. The second-order valence-electron chi connectivity index (χ2n) is 4.77. The predicted octanol–water partition coefficient (Wildman–Crippen LogP) is 3.02. The summed E-state index contributed by atoms with van der Waals surface area (Å²) in [5.74, 6) is 0.899. The number of benzene rings is 1. The van der Waals surface area contributed by atoms with E-state index < -0.39 is 0 Å². The first-order chi connectivity index (χ1) is 9.83. The summed E-state index contributed by atoms with van der Waals surface area (Å²) in [4.78, 5) is 0. The topological polar surface area (TPSA) is 39.1 Å². The van der Waals surface area contributed by atoms with Crippen LogP contribution in [-0.4, -0.2) is 22.9 Å². The first-order valence-electron chi connectivity index (χ1n) is 7.27. The first-order valence-corrected chi connectivity index (χ1v) is 7.27. The lowest BCUT2D eigenvalue weighted by Crippen LogP contribution is -2.26. The van der Waals surface area contributed by atoms with Gasteiger partial charge in [-0.3, -0.25) is 4.68 Å². The van der Waals surface area contributed by atoms with Crippen LogP contribution in [0, 0.1) is 0 Å². The average Bonchev–Trinajstić information content (AvgIpc) is 2.93. The number of nitrogens with one attached hydrogen (secondary N) is 1. The molecule has 4 nitrogen and oxygen atoms in total. The van der Waals surface area contributed by atoms with Crippen LogP contribution in [0.15, 0.2) is 42.7 Å². The van der Waals surface area contributed by atoms with Crippen molar-refractivity contribution >= 4 is 0 Å². The highest BCUT2D eigenvalue weighted by Gasteiger charge is 2.13. The van der Waals surface area contributed by atoms with E-state index in [1.165, 1.54) is 5.56 Å². The molecule has 0 saturated carbocycles. The molecule has 20 heavy (non-hydrogen) atoms. The zero-order chi connectivity index (χ0) is 14.2. The van der Waals surface area contributed by atoms with Crippen molar-refractivity contribution in [2.24, 2.45) is 0 Å². The molecule has 2 rings (SSSR count). The van der Waals surface area contributed by atoms with Gasteiger partial charge in [0, 0.05) is 18.3 Å². The third-order valence-electron chi connectivity index (χ3n) is 3.12. The lowest BCUT2D eigenvalue weighted by atomic mass is 10.2. The summed E-state index contributed by atoms with van der Waals surface area (Å²) in [5, 5.41) is 7.83. The van der Waals surface area contributed by atoms with E-state index in [4.69, 9.17) is 4.74 Å². The molecule has 0 amide bonds. The molecule has 0 bridgehead atoms. The Balaban J connectivity index is 1.98. The van der Waals surface area contributed by atoms with E-state index in [0.29, 0.717) is 6.61 Å². The number of rotatable bonds is 8. The molecule has 0 fully saturated rings. The Hall–Kier alpha value is -1.81. The number of ether oxygens (including phenoxy) is 1. The van der Waals surface area contributed by atoms with Crippen LogP contribution in [0.3, 0.4) is 0 Å². The molecule has 0 spiro atoms. The molecule has 1 aromatic heterocycles. The Bertz CT molecular complexity index is 495. The zero-order valence-electron chi connectivity index (χ0n) is 12.2. The number of nitrogens with zero attached hydrogens (tertiary/aromatic N) is 2. The molecule has 2 aromatic rings. The van der Waals surface area contributed by atoms with Gasteiger partial charge >= 0.3 is 0 Å². The Morgan fingerprint density at radius 2 is 2.05 bits per heavy atom. The van der Waals surface area contributed by atoms with Crippen molar-refractivity contribution in [3.05, 3.63) is 48.3 Å². The van der Waals surface area contributed by atoms with Crippen molar-refractivity contribution in [1.29, 1.82) is 0 Å². The van der Waals surface area contributed by atoms with E-state index in [0.717, 1.165) is 25.3 Å². The van der Waals surface area contributed by atoms with Crippen LogP contribution in [0.2, 0.25) is 0 Å². The molecule has 0 radical (unpaired) electrons. The van der Waals surface area contributed by atoms with Gasteiger partial charge in [0.25, 0.3) is 0 Å². The minimum absolute atomic E-state index is 0.172. The molecule has 0 aliphatic carbocycles. The normalized spacial score (nSPS) is 12.3. The van der Waals surface area contributed by atoms with Crippen LogP contribution in [0.5, 0.6) is 5.75 Å². The van der Waals surface area contributed by atoms with E-state index in [9.17, 15) is 0 Å². The van der Waals surface area contributed by atoms with Gasteiger partial charge in [0.15, 0.2) is 0 Å². The molecule has 1 unspecified atom stereocenters. The van der Waals surface area contributed by atoms with E-state index in [1.807, 2.05) is 41.2 Å². The van der Waals surface area contributed by atoms with Crippen molar-refractivity contribution in [1.82, 2.24) is 15.1 Å². The van der Waals surface area contributed by atoms with Gasteiger partial charge in [-0.15, -0.1) is 0 Å². The fourth-order valence-electron chi connectivity index (χ4n) is 2.13. The Labute approximate surface area is 120 Å². The van der Waals surface area contributed by atoms with Gasteiger partial charge in [-0.1, -0.05) is 32.0 Å². The highest BCUT2D eigenvalue weighted by atomic mass is 16.5. The first kappa shape index (κ1) is 14.6. The van der Waals surface area contributed by atoms with Crippen LogP contribution in [0.25, 0.3) is 0 Å². The van der Waals surface area contributed by atoms with E-state index >= 15 is 0 Å². The van der Waals surface area contributed by atoms with Crippen LogP contribution >= 0.6 is 0 Å². The third-order valence-corrected chi connectivity index (χ3v) is 3.12. The highest BCUT2D eigenvalue weighted by Crippen LogP contribution is 2.16. The average molecular weight is 273 g/mol. The maximum atomic E-state index is 5.84. The Kier molecular flexibility index (Phi) is 5.62. The van der Waals surface area contributed by atoms with E-state index in [-0.39, 0.29) is 6.04 Å². The quantitative estimate of drug-likeness (QED) is 0.803. The molecular formula is C16H23N3O. The van der Waals surface area contributed by atoms with Gasteiger partial charge in [0.05, 0.1) is 12.2 Å². The maximum Gasteiger partial charge on any atom is 0.119 e. The van der Waals surface area contributed by atoms with E-state index in [1.54, 1.807) is 0 Å². The number of likely N-dealkylation sites (N-methyl/N-ethyl adjacent to an activating group) is 1. The van der Waals surface area contributed by atoms with Crippen LogP contribution in [0.1, 0.15) is 31.9 Å². The minimum Gasteiger partial charge on any atom is -0.492 e. The highest BCUT2D eigenvalue weighted by molar-refractivity contribution is 5.21. The second kappa shape index (κ2) is 7.70. The fourth-order valence-corrected chi connectivity index (χ4v) is 2.13. The van der Waals surface area contributed by atoms with Crippen molar-refractivity contribution < 1.29 is 4.74 Å². The monoisotopic (exact) mass is 273 g/mol. The van der Waals surface area contributed by atoms with Gasteiger partial charge in [-0.05, 0) is 25.1 Å². The van der Waals surface area contributed by atoms with Crippen LogP contribution in [0.4, 0.5) is 0 Å². The molecule has 108 valence electrons. The molecule has 1 N–H and O–H groups in total. The maximum absolute atomic E-state index is 5.84. The van der Waals surface area contributed by atoms with Gasteiger partial charge < -0.3 is 10.1 Å². The molecule has 4 heteroatoms. The smallest absolute Gasteiger partial charge is 0.119 e. The molecule has 0 saturated heterocycles. The molecule has 1 heterocycles. The summed E-state index contributed by atoms with van der Waals surface area (Å²) in [6.45, 7) is 6.73. The lowest BCUT2D eigenvalue weighted by molar-refractivity contribution is 0.268. The summed E-state index contributed by atoms with van der Waals surface area (Å²) >= 11 is 0. The number of aryl methyl sites for hydroxylation is 1. The second-order valence-corrected chi connectivity index (χ2v) is 4.77. The fraction of sp³-hybridized carbons (Fsp3) is 0.438. The summed E-state index contributed by atoms with van der Waals surface area (Å²) in [7, 11) is 0. The van der Waals surface area contributed by atoms with Gasteiger partial charge in [-0.25, -0.2) is 0 Å². The van der Waals surface area contributed by atoms with Crippen molar-refractivity contribution in [2.45, 2.75) is 32.9 Å². The summed E-state index contributed by atoms with van der Waals surface area (Å²) in [5.41, 5.74) is 1.18. The Morgan fingerprint density at radius 3 is 2.75 bits per heavy atom. The third kappa shape index (κ3) is 4.10. The number of hydrogen-bond donors (Lipinski definition) is 1. The summed E-state index contributed by atoms with van der Waals surface area (Å²) < 4.78 is 7.83. The molecule has 1 atom stereocenters. The summed E-state index contributed by atoms with van der Waals surface area (Å²) in [6.07, 6.45) is 5.12. The largest absolute Gasteiger partial charge is 0.492 e. The van der Waals surface area contributed by atoms with Crippen molar-refractivity contribution in [3.8, 4) is 5.75 Å². The molecule has 0 aliphatic rings. The minimum atomic E-state index is 0.172. The lowest BCUT2D eigenvalue weighted by Gasteiger charge is -2.17. The van der Waals surface area contributed by atoms with Crippen LogP contribution in [-0.2, 0) is 6.54 Å². The Morgan fingerprint density at radius 1 is 1.25 bits per heavy atom. The molecular weight excluding hydrogens is 250 g/mol. The van der Waals surface area contributed by atoms with E-state index in [2.05, 4.69) is 30.5 Å². The molecule has 1 aromatic carbocycles. The van der Waals surface area contributed by atoms with Crippen molar-refractivity contribution in [2.75, 3.05) is 13.2 Å². The molecule has 0 aliphatic heterocycles. The number of aromatic nitrogens is 2. The van der Waals surface area contributed by atoms with Gasteiger partial charge in [0.2, 0.25) is 0 Å². The number of para-hydroxylation sites is 1. The zero-order valence-corrected chi connectivity index (χ0v) is 12.2.